The fraction of sp³-hybridized carbons (Fsp3) is 0.250. The average molecular weight is 252 g/mol. The summed E-state index contributed by atoms with van der Waals surface area (Å²) in [5.74, 6) is -0.273. The number of benzene rings is 1. The second kappa shape index (κ2) is 4.81. The van der Waals surface area contributed by atoms with Crippen molar-refractivity contribution in [3.8, 4) is 0 Å². The molecular formula is C12H13FN2OS. The molecule has 2 rings (SSSR count). The fourth-order valence-electron chi connectivity index (χ4n) is 1.50. The zero-order valence-electron chi connectivity index (χ0n) is 9.64. The van der Waals surface area contributed by atoms with E-state index < -0.39 is 0 Å². The highest BCUT2D eigenvalue weighted by molar-refractivity contribution is 7.15. The summed E-state index contributed by atoms with van der Waals surface area (Å²) < 4.78 is 13.1. The van der Waals surface area contributed by atoms with Crippen molar-refractivity contribution in [3.63, 3.8) is 0 Å². The summed E-state index contributed by atoms with van der Waals surface area (Å²) in [7, 11) is 1.83. The lowest BCUT2D eigenvalue weighted by molar-refractivity contribution is 0.284. The van der Waals surface area contributed by atoms with Crippen LogP contribution in [-0.2, 0) is 6.61 Å². The molecule has 2 aromatic rings. The molecule has 0 fully saturated rings. The topological polar surface area (TPSA) is 36.4 Å². The summed E-state index contributed by atoms with van der Waals surface area (Å²) in [5, 5.41) is 9.87. The largest absolute Gasteiger partial charge is 0.391 e. The molecule has 0 aliphatic rings. The van der Waals surface area contributed by atoms with Crippen LogP contribution in [0.15, 0.2) is 24.3 Å². The second-order valence-corrected chi connectivity index (χ2v) is 4.76. The van der Waals surface area contributed by atoms with Crippen molar-refractivity contribution in [3.05, 3.63) is 40.7 Å². The van der Waals surface area contributed by atoms with E-state index in [9.17, 15) is 4.39 Å². The fourth-order valence-corrected chi connectivity index (χ4v) is 2.40. The molecule has 3 nitrogen and oxygen atoms in total. The minimum Gasteiger partial charge on any atom is -0.391 e. The number of anilines is 2. The Kier molecular flexibility index (Phi) is 3.40. The van der Waals surface area contributed by atoms with E-state index in [0.717, 1.165) is 21.4 Å². The van der Waals surface area contributed by atoms with E-state index in [0.29, 0.717) is 0 Å². The Hall–Kier alpha value is -1.46. The lowest BCUT2D eigenvalue weighted by Gasteiger charge is -2.15. The summed E-state index contributed by atoms with van der Waals surface area (Å²) in [6.45, 7) is 1.84. The minimum absolute atomic E-state index is 0.0134. The van der Waals surface area contributed by atoms with E-state index in [1.165, 1.54) is 23.5 Å². The van der Waals surface area contributed by atoms with Crippen LogP contribution in [0.5, 0.6) is 0 Å². The molecule has 0 bridgehead atoms. The quantitative estimate of drug-likeness (QED) is 0.912. The molecule has 0 unspecified atom stereocenters. The molecule has 5 heteroatoms. The number of aromatic nitrogens is 1. The van der Waals surface area contributed by atoms with Gasteiger partial charge in [-0.1, -0.05) is 17.4 Å². The number of hydrogen-bond acceptors (Lipinski definition) is 4. The zero-order chi connectivity index (χ0) is 12.4. The normalized spacial score (nSPS) is 10.6. The number of aryl methyl sites for hydroxylation is 1. The number of nitrogens with zero attached hydrogens (tertiary/aromatic N) is 2. The van der Waals surface area contributed by atoms with Crippen LogP contribution >= 0.6 is 11.3 Å². The van der Waals surface area contributed by atoms with Crippen LogP contribution in [0.4, 0.5) is 15.2 Å². The van der Waals surface area contributed by atoms with Gasteiger partial charge in [0.1, 0.15) is 5.82 Å². The summed E-state index contributed by atoms with van der Waals surface area (Å²) in [5.41, 5.74) is 1.55. The van der Waals surface area contributed by atoms with E-state index in [2.05, 4.69) is 4.98 Å². The molecule has 0 aliphatic carbocycles. The van der Waals surface area contributed by atoms with Gasteiger partial charge in [-0.15, -0.1) is 0 Å². The summed E-state index contributed by atoms with van der Waals surface area (Å²) >= 11 is 1.41. The van der Waals surface area contributed by atoms with Gasteiger partial charge < -0.3 is 10.0 Å². The van der Waals surface area contributed by atoms with E-state index in [-0.39, 0.29) is 12.4 Å². The number of aliphatic hydroxyl groups is 1. The molecule has 1 aromatic heterocycles. The van der Waals surface area contributed by atoms with Crippen molar-refractivity contribution in [2.75, 3.05) is 11.9 Å². The first-order valence-corrected chi connectivity index (χ1v) is 6.00. The van der Waals surface area contributed by atoms with Gasteiger partial charge in [-0.05, 0) is 25.1 Å². The lowest BCUT2D eigenvalue weighted by atomic mass is 10.3. The summed E-state index contributed by atoms with van der Waals surface area (Å²) in [4.78, 5) is 6.99. The maximum Gasteiger partial charge on any atom is 0.190 e. The number of rotatable bonds is 3. The molecule has 90 valence electrons. The number of aliphatic hydroxyl groups excluding tert-OH is 1. The molecule has 0 spiro atoms. The molecule has 0 amide bonds. The predicted octanol–water partition coefficient (Wildman–Crippen LogP) is 2.85. The number of halogens is 1. The van der Waals surface area contributed by atoms with Gasteiger partial charge in [-0.3, -0.25) is 0 Å². The van der Waals surface area contributed by atoms with Gasteiger partial charge in [-0.25, -0.2) is 9.37 Å². The van der Waals surface area contributed by atoms with Crippen molar-refractivity contribution >= 4 is 22.2 Å². The summed E-state index contributed by atoms with van der Waals surface area (Å²) in [6.07, 6.45) is 0. The van der Waals surface area contributed by atoms with E-state index in [1.54, 1.807) is 11.0 Å². The Labute approximate surface area is 103 Å². The third kappa shape index (κ3) is 2.45. The van der Waals surface area contributed by atoms with Crippen LogP contribution < -0.4 is 4.90 Å². The Morgan fingerprint density at radius 2 is 2.24 bits per heavy atom. The van der Waals surface area contributed by atoms with Gasteiger partial charge >= 0.3 is 0 Å². The van der Waals surface area contributed by atoms with Gasteiger partial charge in [0.05, 0.1) is 17.2 Å². The van der Waals surface area contributed by atoms with E-state index in [1.807, 2.05) is 20.0 Å². The van der Waals surface area contributed by atoms with Crippen molar-refractivity contribution in [1.29, 1.82) is 0 Å². The van der Waals surface area contributed by atoms with Crippen LogP contribution in [0.1, 0.15) is 10.6 Å². The highest BCUT2D eigenvalue weighted by Gasteiger charge is 2.12. The molecule has 1 heterocycles. The molecule has 1 N–H and O–H groups in total. The van der Waals surface area contributed by atoms with Crippen LogP contribution in [-0.4, -0.2) is 17.1 Å². The smallest absolute Gasteiger partial charge is 0.190 e. The minimum atomic E-state index is -0.273. The molecule has 0 radical (unpaired) electrons. The zero-order valence-corrected chi connectivity index (χ0v) is 10.5. The first-order valence-electron chi connectivity index (χ1n) is 5.18. The molecule has 1 aromatic carbocycles. The third-order valence-electron chi connectivity index (χ3n) is 2.51. The van der Waals surface area contributed by atoms with E-state index >= 15 is 0 Å². The molecule has 0 saturated carbocycles. The molecule has 0 atom stereocenters. The third-order valence-corrected chi connectivity index (χ3v) is 3.73. The summed E-state index contributed by atoms with van der Waals surface area (Å²) in [6, 6.07) is 6.34. The molecular weight excluding hydrogens is 239 g/mol. The number of hydrogen-bond donors (Lipinski definition) is 1. The van der Waals surface area contributed by atoms with Crippen molar-refractivity contribution in [1.82, 2.24) is 4.98 Å². The van der Waals surface area contributed by atoms with Gasteiger partial charge in [0, 0.05) is 12.7 Å². The molecule has 0 aliphatic heterocycles. The highest BCUT2D eigenvalue weighted by atomic mass is 32.1. The Balaban J connectivity index is 2.33. The lowest BCUT2D eigenvalue weighted by Crippen LogP contribution is -2.09. The first kappa shape index (κ1) is 12.0. The second-order valence-electron chi connectivity index (χ2n) is 3.70. The van der Waals surface area contributed by atoms with E-state index in [4.69, 9.17) is 5.11 Å². The molecule has 0 saturated heterocycles. The van der Waals surface area contributed by atoms with Gasteiger partial charge in [0.25, 0.3) is 0 Å². The van der Waals surface area contributed by atoms with Crippen LogP contribution in [0.25, 0.3) is 0 Å². The van der Waals surface area contributed by atoms with Crippen LogP contribution in [0, 0.1) is 12.7 Å². The van der Waals surface area contributed by atoms with Crippen molar-refractivity contribution in [2.24, 2.45) is 0 Å². The van der Waals surface area contributed by atoms with Gasteiger partial charge in [-0.2, -0.15) is 0 Å². The molecule has 17 heavy (non-hydrogen) atoms. The SMILES string of the molecule is Cc1nc(N(C)c2cccc(F)c2)sc1CO. The van der Waals surface area contributed by atoms with Crippen LogP contribution in [0.3, 0.4) is 0 Å². The standard InChI is InChI=1S/C12H13FN2OS/c1-8-11(7-16)17-12(14-8)15(2)10-5-3-4-9(13)6-10/h3-6,16H,7H2,1-2H3. The Bertz CT molecular complexity index is 527. The van der Waals surface area contributed by atoms with Gasteiger partial charge in [0.15, 0.2) is 5.13 Å². The first-order chi connectivity index (χ1) is 8.11. The maximum absolute atomic E-state index is 13.1. The van der Waals surface area contributed by atoms with Crippen LogP contribution in [0.2, 0.25) is 0 Å². The van der Waals surface area contributed by atoms with Crippen molar-refractivity contribution < 1.29 is 9.50 Å². The monoisotopic (exact) mass is 252 g/mol. The highest BCUT2D eigenvalue weighted by Crippen LogP contribution is 2.30. The maximum atomic E-state index is 13.1. The Morgan fingerprint density at radius 1 is 1.47 bits per heavy atom. The van der Waals surface area contributed by atoms with Gasteiger partial charge in [0.2, 0.25) is 0 Å². The average Bonchev–Trinajstić information content (AvgIpc) is 2.69. The van der Waals surface area contributed by atoms with Crippen molar-refractivity contribution in [2.45, 2.75) is 13.5 Å². The predicted molar refractivity (Wildman–Crippen MR) is 67.2 cm³/mol. The Morgan fingerprint density at radius 3 is 2.82 bits per heavy atom. The number of thiazole rings is 1.